The van der Waals surface area contributed by atoms with Gasteiger partial charge < -0.3 is 23.5 Å². The summed E-state index contributed by atoms with van der Waals surface area (Å²) in [6.07, 6.45) is 2.18. The van der Waals surface area contributed by atoms with Crippen molar-refractivity contribution in [3.63, 3.8) is 0 Å². The van der Waals surface area contributed by atoms with E-state index < -0.39 is 0 Å². The number of hydrogen-bond donors (Lipinski definition) is 1. The van der Waals surface area contributed by atoms with Crippen LogP contribution in [0.2, 0.25) is 0 Å². The Hall–Kier alpha value is -2.99. The molecule has 4 rings (SSSR count). The molecule has 0 bridgehead atoms. The van der Waals surface area contributed by atoms with Crippen LogP contribution in [0.15, 0.2) is 51.7 Å². The molecule has 1 aliphatic rings. The number of ether oxygens (including phenoxy) is 3. The zero-order chi connectivity index (χ0) is 20.4. The van der Waals surface area contributed by atoms with Crippen LogP contribution < -0.4 is 24.7 Å². The minimum absolute atomic E-state index is 0.278. The van der Waals surface area contributed by atoms with Crippen LogP contribution >= 0.6 is 0 Å². The van der Waals surface area contributed by atoms with Gasteiger partial charge in [0.25, 0.3) is 0 Å². The zero-order valence-corrected chi connectivity index (χ0v) is 17.0. The number of quaternary nitrogens is 1. The predicted octanol–water partition coefficient (Wildman–Crippen LogP) is 2.74. The monoisotopic (exact) mass is 396 g/mol. The summed E-state index contributed by atoms with van der Waals surface area (Å²) >= 11 is 0. The van der Waals surface area contributed by atoms with Crippen molar-refractivity contribution < 1.29 is 23.5 Å². The number of hydrogen-bond acceptors (Lipinski definition) is 5. The van der Waals surface area contributed by atoms with Crippen molar-refractivity contribution in [1.29, 1.82) is 0 Å². The molecule has 29 heavy (non-hydrogen) atoms. The molecule has 3 aromatic rings. The average Bonchev–Trinajstić information content (AvgIpc) is 3.20. The lowest BCUT2D eigenvalue weighted by Gasteiger charge is -2.24. The number of likely N-dealkylation sites (tertiary alicyclic amines) is 1. The van der Waals surface area contributed by atoms with E-state index in [1.54, 1.807) is 33.5 Å². The maximum absolute atomic E-state index is 12.2. The van der Waals surface area contributed by atoms with Crippen molar-refractivity contribution in [2.24, 2.45) is 0 Å². The predicted molar refractivity (Wildman–Crippen MR) is 110 cm³/mol. The first-order chi connectivity index (χ1) is 14.1. The van der Waals surface area contributed by atoms with E-state index >= 15 is 0 Å². The molecule has 2 aromatic carbocycles. The van der Waals surface area contributed by atoms with Crippen LogP contribution in [0, 0.1) is 0 Å². The number of benzene rings is 2. The lowest BCUT2D eigenvalue weighted by molar-refractivity contribution is -0.931. The molecular weight excluding hydrogens is 370 g/mol. The fraction of sp³-hybridized carbons (Fsp3) is 0.348. The van der Waals surface area contributed by atoms with Crippen LogP contribution in [0.1, 0.15) is 30.0 Å². The second kappa shape index (κ2) is 8.17. The molecule has 2 atom stereocenters. The Kier molecular flexibility index (Phi) is 5.45. The van der Waals surface area contributed by atoms with Gasteiger partial charge >= 0.3 is 5.63 Å². The summed E-state index contributed by atoms with van der Waals surface area (Å²) in [5.74, 6) is 2.37. The normalized spacial score (nSPS) is 18.7. The molecule has 1 unspecified atom stereocenters. The molecule has 1 N–H and O–H groups in total. The fourth-order valence-corrected chi connectivity index (χ4v) is 4.34. The van der Waals surface area contributed by atoms with E-state index in [0.717, 1.165) is 53.9 Å². The highest BCUT2D eigenvalue weighted by Crippen LogP contribution is 2.32. The van der Waals surface area contributed by atoms with Gasteiger partial charge in [0.15, 0.2) is 0 Å². The summed E-state index contributed by atoms with van der Waals surface area (Å²) in [7, 11) is 4.97. The number of fused-ring (bicyclic) bond motifs is 1. The van der Waals surface area contributed by atoms with Crippen LogP contribution in [0.3, 0.4) is 0 Å². The van der Waals surface area contributed by atoms with Crippen LogP contribution in [-0.4, -0.2) is 27.9 Å². The van der Waals surface area contributed by atoms with Crippen molar-refractivity contribution >= 4 is 11.0 Å². The third-order valence-corrected chi connectivity index (χ3v) is 5.75. The van der Waals surface area contributed by atoms with Crippen LogP contribution in [-0.2, 0) is 6.54 Å². The van der Waals surface area contributed by atoms with E-state index in [2.05, 4.69) is 6.07 Å². The van der Waals surface area contributed by atoms with E-state index in [9.17, 15) is 4.79 Å². The molecule has 1 fully saturated rings. The van der Waals surface area contributed by atoms with E-state index in [-0.39, 0.29) is 11.7 Å². The van der Waals surface area contributed by atoms with Gasteiger partial charge in [-0.1, -0.05) is 0 Å². The SMILES string of the molecule is COc1ccc(OC)c([C@H]2CCC[NH+]2Cc2cc(=O)oc3cc(OC)ccc23)c1. The number of methoxy groups -OCH3 is 3. The summed E-state index contributed by atoms with van der Waals surface area (Å²) in [6, 6.07) is 13.5. The molecule has 1 aliphatic heterocycles. The first-order valence-corrected chi connectivity index (χ1v) is 9.80. The molecule has 0 saturated carbocycles. The first-order valence-electron chi connectivity index (χ1n) is 9.80. The van der Waals surface area contributed by atoms with E-state index in [1.165, 1.54) is 4.90 Å². The molecular formula is C23H26NO5+. The molecule has 0 spiro atoms. The van der Waals surface area contributed by atoms with Gasteiger partial charge in [-0.15, -0.1) is 0 Å². The lowest BCUT2D eigenvalue weighted by atomic mass is 10.0. The standard InChI is InChI=1S/C23H25NO5/c1-26-16-7-9-21(28-3)19(12-16)20-5-4-10-24(20)14-15-11-23(25)29-22-13-17(27-2)6-8-18(15)22/h6-9,11-13,20H,4-5,10,14H2,1-3H3/p+1/t20-/m1/s1. The molecule has 1 aromatic heterocycles. The van der Waals surface area contributed by atoms with Gasteiger partial charge in [-0.3, -0.25) is 0 Å². The lowest BCUT2D eigenvalue weighted by Crippen LogP contribution is -3.08. The molecule has 6 heteroatoms. The highest BCUT2D eigenvalue weighted by atomic mass is 16.5. The van der Waals surface area contributed by atoms with E-state index in [4.69, 9.17) is 18.6 Å². The fourth-order valence-electron chi connectivity index (χ4n) is 4.34. The van der Waals surface area contributed by atoms with Gasteiger partial charge in [0.05, 0.1) is 33.4 Å². The topological polar surface area (TPSA) is 62.3 Å². The van der Waals surface area contributed by atoms with Crippen LogP contribution in [0.4, 0.5) is 0 Å². The highest BCUT2D eigenvalue weighted by molar-refractivity contribution is 5.81. The van der Waals surface area contributed by atoms with Gasteiger partial charge in [-0.05, 0) is 30.3 Å². The maximum Gasteiger partial charge on any atom is 0.336 e. The minimum atomic E-state index is -0.338. The Labute approximate surface area is 169 Å². The molecule has 1 saturated heterocycles. The van der Waals surface area contributed by atoms with Crippen molar-refractivity contribution in [3.05, 3.63) is 64.0 Å². The second-order valence-electron chi connectivity index (χ2n) is 7.34. The summed E-state index contributed by atoms with van der Waals surface area (Å²) in [5.41, 5.74) is 2.35. The Morgan fingerprint density at radius 2 is 1.76 bits per heavy atom. The molecule has 152 valence electrons. The van der Waals surface area contributed by atoms with Crippen molar-refractivity contribution in [2.75, 3.05) is 27.9 Å². The van der Waals surface area contributed by atoms with E-state index in [1.807, 2.05) is 24.3 Å². The van der Waals surface area contributed by atoms with Gasteiger partial charge in [-0.2, -0.15) is 0 Å². The molecule has 6 nitrogen and oxygen atoms in total. The summed E-state index contributed by atoms with van der Waals surface area (Å²) in [5, 5.41) is 0.946. The third kappa shape index (κ3) is 3.80. The van der Waals surface area contributed by atoms with Crippen LogP contribution in [0.5, 0.6) is 17.2 Å². The average molecular weight is 396 g/mol. The zero-order valence-electron chi connectivity index (χ0n) is 17.0. The van der Waals surface area contributed by atoms with E-state index in [0.29, 0.717) is 11.3 Å². The van der Waals surface area contributed by atoms with Crippen LogP contribution in [0.25, 0.3) is 11.0 Å². The largest absolute Gasteiger partial charge is 0.497 e. The van der Waals surface area contributed by atoms with Gasteiger partial charge in [0.1, 0.15) is 35.4 Å². The minimum Gasteiger partial charge on any atom is -0.497 e. The Bertz CT molecular complexity index is 1070. The molecule has 0 aliphatic carbocycles. The van der Waals surface area contributed by atoms with Crippen molar-refractivity contribution in [1.82, 2.24) is 0 Å². The van der Waals surface area contributed by atoms with Crippen molar-refractivity contribution in [3.8, 4) is 17.2 Å². The number of rotatable bonds is 6. The second-order valence-corrected chi connectivity index (χ2v) is 7.34. The smallest absolute Gasteiger partial charge is 0.336 e. The van der Waals surface area contributed by atoms with Crippen molar-refractivity contribution in [2.45, 2.75) is 25.4 Å². The van der Waals surface area contributed by atoms with Gasteiger partial charge in [0, 0.05) is 35.9 Å². The first kappa shape index (κ1) is 19.3. The summed E-state index contributed by atoms with van der Waals surface area (Å²) in [6.45, 7) is 1.77. The maximum atomic E-state index is 12.2. The number of nitrogens with one attached hydrogen (secondary N) is 1. The Morgan fingerprint density at radius 3 is 2.52 bits per heavy atom. The quantitative estimate of drug-likeness (QED) is 0.649. The Balaban J connectivity index is 1.70. The summed E-state index contributed by atoms with van der Waals surface area (Å²) in [4.78, 5) is 13.6. The highest BCUT2D eigenvalue weighted by Gasteiger charge is 2.33. The molecule has 2 heterocycles. The Morgan fingerprint density at radius 1 is 1.00 bits per heavy atom. The van der Waals surface area contributed by atoms with Gasteiger partial charge in [-0.25, -0.2) is 4.79 Å². The molecule has 0 amide bonds. The molecule has 0 radical (unpaired) electrons. The van der Waals surface area contributed by atoms with Gasteiger partial charge in [0.2, 0.25) is 0 Å². The summed E-state index contributed by atoms with van der Waals surface area (Å²) < 4.78 is 21.7. The third-order valence-electron chi connectivity index (χ3n) is 5.75.